The van der Waals surface area contributed by atoms with Crippen molar-refractivity contribution in [3.05, 3.63) is 53.7 Å². The molecule has 136 valence electrons. The van der Waals surface area contributed by atoms with E-state index in [1.807, 2.05) is 29.2 Å². The van der Waals surface area contributed by atoms with Gasteiger partial charge in [-0.1, -0.05) is 18.2 Å². The van der Waals surface area contributed by atoms with E-state index < -0.39 is 5.97 Å². The molecule has 2 aromatic rings. The Morgan fingerprint density at radius 3 is 2.85 bits per heavy atom. The zero-order valence-electron chi connectivity index (χ0n) is 14.7. The molecule has 0 saturated carbocycles. The highest BCUT2D eigenvalue weighted by atomic mass is 16.5. The Balaban J connectivity index is 1.70. The molecule has 1 fully saturated rings. The summed E-state index contributed by atoms with van der Waals surface area (Å²) in [6.07, 6.45) is 1.75. The van der Waals surface area contributed by atoms with E-state index in [-0.39, 0.29) is 18.1 Å². The van der Waals surface area contributed by atoms with Gasteiger partial charge in [0, 0.05) is 31.5 Å². The Kier molecular flexibility index (Phi) is 5.63. The van der Waals surface area contributed by atoms with Gasteiger partial charge in [0.15, 0.2) is 0 Å². The fourth-order valence-electron chi connectivity index (χ4n) is 3.30. The molecule has 1 atom stereocenters. The van der Waals surface area contributed by atoms with Crippen LogP contribution in [0.2, 0.25) is 0 Å². The minimum atomic E-state index is -0.949. The largest absolute Gasteiger partial charge is 0.478 e. The van der Waals surface area contributed by atoms with Crippen LogP contribution >= 0.6 is 0 Å². The summed E-state index contributed by atoms with van der Waals surface area (Å²) >= 11 is 0. The normalized spacial score (nSPS) is 16.7. The number of carboxylic acids is 1. The second-order valence-electron chi connectivity index (χ2n) is 6.53. The summed E-state index contributed by atoms with van der Waals surface area (Å²) in [5, 5.41) is 9.15. The molecule has 26 heavy (non-hydrogen) atoms. The Morgan fingerprint density at radius 2 is 2.08 bits per heavy atom. The molecule has 0 bridgehead atoms. The molecule has 1 aromatic heterocycles. The van der Waals surface area contributed by atoms with Crippen LogP contribution in [0.4, 0.5) is 0 Å². The molecule has 0 spiro atoms. The second-order valence-corrected chi connectivity index (χ2v) is 6.53. The highest BCUT2D eigenvalue weighted by Gasteiger charge is 2.26. The molecule has 6 heteroatoms. The SMILES string of the molecule is COCC(=O)N1CCC(Cc2cccc(-c3cccc(C(=O)O)c3)n2)C1. The quantitative estimate of drug-likeness (QED) is 0.862. The number of amides is 1. The smallest absolute Gasteiger partial charge is 0.335 e. The van der Waals surface area contributed by atoms with E-state index in [4.69, 9.17) is 14.8 Å². The first kappa shape index (κ1) is 18.1. The zero-order valence-corrected chi connectivity index (χ0v) is 14.7. The molecule has 1 aliphatic rings. The van der Waals surface area contributed by atoms with Gasteiger partial charge < -0.3 is 14.7 Å². The summed E-state index contributed by atoms with van der Waals surface area (Å²) in [5.41, 5.74) is 2.75. The number of nitrogens with zero attached hydrogens (tertiary/aromatic N) is 2. The molecular weight excluding hydrogens is 332 g/mol. The molecule has 1 unspecified atom stereocenters. The third-order valence-corrected chi connectivity index (χ3v) is 4.62. The number of carbonyl (C=O) groups is 2. The van der Waals surface area contributed by atoms with E-state index >= 15 is 0 Å². The van der Waals surface area contributed by atoms with Gasteiger partial charge in [0.1, 0.15) is 6.61 Å². The van der Waals surface area contributed by atoms with Gasteiger partial charge in [0.05, 0.1) is 11.3 Å². The van der Waals surface area contributed by atoms with Crippen molar-refractivity contribution in [3.63, 3.8) is 0 Å². The molecule has 1 saturated heterocycles. The molecule has 3 rings (SSSR count). The Hall–Kier alpha value is -2.73. The van der Waals surface area contributed by atoms with Crippen molar-refractivity contribution in [2.45, 2.75) is 12.8 Å². The van der Waals surface area contributed by atoms with E-state index in [9.17, 15) is 9.59 Å². The lowest BCUT2D eigenvalue weighted by atomic mass is 10.0. The number of hydrogen-bond acceptors (Lipinski definition) is 4. The third-order valence-electron chi connectivity index (χ3n) is 4.62. The van der Waals surface area contributed by atoms with Crippen LogP contribution in [0.5, 0.6) is 0 Å². The van der Waals surface area contributed by atoms with Crippen LogP contribution in [0.1, 0.15) is 22.5 Å². The van der Waals surface area contributed by atoms with Gasteiger partial charge in [-0.05, 0) is 43.0 Å². The fourth-order valence-corrected chi connectivity index (χ4v) is 3.30. The summed E-state index contributed by atoms with van der Waals surface area (Å²) < 4.78 is 4.92. The lowest BCUT2D eigenvalue weighted by Crippen LogP contribution is -2.31. The summed E-state index contributed by atoms with van der Waals surface area (Å²) in [4.78, 5) is 29.6. The summed E-state index contributed by atoms with van der Waals surface area (Å²) in [7, 11) is 1.53. The van der Waals surface area contributed by atoms with Crippen LogP contribution < -0.4 is 0 Å². The van der Waals surface area contributed by atoms with Crippen molar-refractivity contribution in [3.8, 4) is 11.3 Å². The predicted molar refractivity (Wildman–Crippen MR) is 96.9 cm³/mol. The summed E-state index contributed by atoms with van der Waals surface area (Å²) in [5.74, 6) is -0.541. The van der Waals surface area contributed by atoms with Gasteiger partial charge in [-0.2, -0.15) is 0 Å². The summed E-state index contributed by atoms with van der Waals surface area (Å²) in [6, 6.07) is 12.6. The zero-order chi connectivity index (χ0) is 18.5. The number of carboxylic acid groups (broad SMARTS) is 1. The van der Waals surface area contributed by atoms with E-state index in [1.165, 1.54) is 7.11 Å². The highest BCUT2D eigenvalue weighted by Crippen LogP contribution is 2.23. The van der Waals surface area contributed by atoms with Crippen LogP contribution in [-0.4, -0.2) is 53.7 Å². The van der Waals surface area contributed by atoms with Crippen molar-refractivity contribution in [2.75, 3.05) is 26.8 Å². The van der Waals surface area contributed by atoms with Crippen molar-refractivity contribution in [1.29, 1.82) is 0 Å². The van der Waals surface area contributed by atoms with Crippen LogP contribution in [0.3, 0.4) is 0 Å². The number of rotatable bonds is 6. The maximum atomic E-state index is 11.9. The number of carbonyl (C=O) groups excluding carboxylic acids is 1. The van der Waals surface area contributed by atoms with Crippen LogP contribution in [0, 0.1) is 5.92 Å². The average Bonchev–Trinajstić information content (AvgIpc) is 3.11. The van der Waals surface area contributed by atoms with Gasteiger partial charge in [-0.25, -0.2) is 4.79 Å². The summed E-state index contributed by atoms with van der Waals surface area (Å²) in [6.45, 7) is 1.61. The Bertz CT molecular complexity index is 806. The number of likely N-dealkylation sites (tertiary alicyclic amines) is 1. The molecular formula is C20H22N2O4. The predicted octanol–water partition coefficient (Wildman–Crippen LogP) is 2.48. The topological polar surface area (TPSA) is 79.7 Å². The number of methoxy groups -OCH3 is 1. The maximum Gasteiger partial charge on any atom is 0.335 e. The Labute approximate surface area is 152 Å². The lowest BCUT2D eigenvalue weighted by Gasteiger charge is -2.16. The van der Waals surface area contributed by atoms with Crippen LogP contribution in [0.15, 0.2) is 42.5 Å². The molecule has 2 heterocycles. The van der Waals surface area contributed by atoms with Gasteiger partial charge in [-0.15, -0.1) is 0 Å². The van der Waals surface area contributed by atoms with Gasteiger partial charge >= 0.3 is 5.97 Å². The Morgan fingerprint density at radius 1 is 1.27 bits per heavy atom. The standard InChI is InChI=1S/C20H22N2O4/c1-26-13-19(23)22-9-8-14(12-22)10-17-6-3-7-18(21-17)15-4-2-5-16(11-15)20(24)25/h2-7,11,14H,8-10,12-13H2,1H3,(H,24,25). The molecule has 0 aliphatic carbocycles. The van der Waals surface area contributed by atoms with Gasteiger partial charge in [0.2, 0.25) is 5.91 Å². The average molecular weight is 354 g/mol. The number of pyridine rings is 1. The second kappa shape index (κ2) is 8.10. The molecule has 1 aliphatic heterocycles. The lowest BCUT2D eigenvalue weighted by molar-refractivity contribution is -0.134. The van der Waals surface area contributed by atoms with Crippen LogP contribution in [0.25, 0.3) is 11.3 Å². The highest BCUT2D eigenvalue weighted by molar-refractivity contribution is 5.89. The van der Waals surface area contributed by atoms with E-state index in [1.54, 1.807) is 18.2 Å². The van der Waals surface area contributed by atoms with Crippen molar-refractivity contribution in [1.82, 2.24) is 9.88 Å². The fraction of sp³-hybridized carbons (Fsp3) is 0.350. The van der Waals surface area contributed by atoms with Crippen LogP contribution in [-0.2, 0) is 16.0 Å². The van der Waals surface area contributed by atoms with Gasteiger partial charge in [0.25, 0.3) is 0 Å². The van der Waals surface area contributed by atoms with E-state index in [0.29, 0.717) is 5.92 Å². The van der Waals surface area contributed by atoms with E-state index in [2.05, 4.69) is 0 Å². The number of hydrogen-bond donors (Lipinski definition) is 1. The minimum absolute atomic E-state index is 0.0298. The third kappa shape index (κ3) is 4.26. The number of aromatic carboxylic acids is 1. The monoisotopic (exact) mass is 354 g/mol. The molecule has 1 N–H and O–H groups in total. The molecule has 6 nitrogen and oxygen atoms in total. The maximum absolute atomic E-state index is 11.9. The molecule has 0 radical (unpaired) electrons. The number of benzene rings is 1. The minimum Gasteiger partial charge on any atom is -0.478 e. The van der Waals surface area contributed by atoms with Crippen molar-refractivity contribution < 1.29 is 19.4 Å². The number of ether oxygens (including phenoxy) is 1. The number of aromatic nitrogens is 1. The first-order valence-corrected chi connectivity index (χ1v) is 8.63. The van der Waals surface area contributed by atoms with Gasteiger partial charge in [-0.3, -0.25) is 9.78 Å². The van der Waals surface area contributed by atoms with E-state index in [0.717, 1.165) is 42.9 Å². The molecule has 1 aromatic carbocycles. The molecule has 1 amide bonds. The van der Waals surface area contributed by atoms with Crippen molar-refractivity contribution in [2.24, 2.45) is 5.92 Å². The first-order chi connectivity index (χ1) is 12.6. The first-order valence-electron chi connectivity index (χ1n) is 8.63. The van der Waals surface area contributed by atoms with Crippen molar-refractivity contribution >= 4 is 11.9 Å².